The lowest BCUT2D eigenvalue weighted by Gasteiger charge is -2.32. The van der Waals surface area contributed by atoms with Crippen molar-refractivity contribution in [2.75, 3.05) is 6.61 Å². The zero-order chi connectivity index (χ0) is 6.74. The van der Waals surface area contributed by atoms with Crippen molar-refractivity contribution in [3.63, 3.8) is 0 Å². The summed E-state index contributed by atoms with van der Waals surface area (Å²) in [5, 5.41) is 0.359. The fourth-order valence-electron chi connectivity index (χ4n) is 1.27. The molecule has 0 amide bonds. The van der Waals surface area contributed by atoms with E-state index in [9.17, 15) is 0 Å². The summed E-state index contributed by atoms with van der Waals surface area (Å²) in [6.45, 7) is 3.25. The Balaban J connectivity index is 2.37. The second-order valence-electron chi connectivity index (χ2n) is 3.11. The Hall–Kier alpha value is 0.177. The van der Waals surface area contributed by atoms with E-state index in [0.717, 1.165) is 6.61 Å². The first kappa shape index (κ1) is 7.29. The average molecular weight is 144 g/mol. The van der Waals surface area contributed by atoms with Crippen LogP contribution in [0.25, 0.3) is 0 Å². The molecule has 1 nitrogen and oxygen atoms in total. The number of hydrogen-bond donors (Lipinski definition) is 0. The van der Waals surface area contributed by atoms with E-state index < -0.39 is 0 Å². The highest BCUT2D eigenvalue weighted by atomic mass is 28.1. The molecule has 1 fully saturated rings. The van der Waals surface area contributed by atoms with E-state index in [1.165, 1.54) is 35.9 Å². The van der Waals surface area contributed by atoms with E-state index in [0.29, 0.717) is 5.22 Å². The molecule has 54 valence electrons. The molecular weight excluding hydrogens is 128 g/mol. The normalized spacial score (nSPS) is 37.0. The Bertz CT molecular complexity index is 86.9. The molecule has 9 heavy (non-hydrogen) atoms. The Labute approximate surface area is 60.2 Å². The summed E-state index contributed by atoms with van der Waals surface area (Å²) in [6, 6.07) is 0. The molecule has 0 N–H and O–H groups in total. The summed E-state index contributed by atoms with van der Waals surface area (Å²) in [6.07, 6.45) is 5.20. The van der Waals surface area contributed by atoms with Crippen LogP contribution in [0.4, 0.5) is 0 Å². The van der Waals surface area contributed by atoms with Crippen LogP contribution < -0.4 is 0 Å². The van der Waals surface area contributed by atoms with Gasteiger partial charge in [0.25, 0.3) is 0 Å². The molecule has 1 aliphatic rings. The van der Waals surface area contributed by atoms with Gasteiger partial charge in [0, 0.05) is 22.1 Å². The molecule has 0 bridgehead atoms. The van der Waals surface area contributed by atoms with Crippen LogP contribution >= 0.6 is 0 Å². The third kappa shape index (κ3) is 1.80. The predicted molar refractivity (Wildman–Crippen MR) is 42.8 cm³/mol. The van der Waals surface area contributed by atoms with E-state index in [1.807, 2.05) is 0 Å². The molecule has 1 atom stereocenters. The van der Waals surface area contributed by atoms with Crippen LogP contribution in [0.1, 0.15) is 32.6 Å². The van der Waals surface area contributed by atoms with Gasteiger partial charge >= 0.3 is 0 Å². The lowest BCUT2D eigenvalue weighted by atomic mass is 10.1. The standard InChI is InChI=1S/C7H16OSi/c1-2-7(9)5-3-4-6-8-7/h2-6H2,1,9H3. The smallest absolute Gasteiger partial charge is 0.0483 e. The van der Waals surface area contributed by atoms with Gasteiger partial charge in [-0.05, 0) is 25.7 Å². The summed E-state index contributed by atoms with van der Waals surface area (Å²) in [4.78, 5) is 0. The van der Waals surface area contributed by atoms with Gasteiger partial charge in [-0.25, -0.2) is 0 Å². The van der Waals surface area contributed by atoms with Crippen molar-refractivity contribution in [3.8, 4) is 0 Å². The lowest BCUT2D eigenvalue weighted by molar-refractivity contribution is -0.0195. The van der Waals surface area contributed by atoms with Crippen LogP contribution in [-0.2, 0) is 4.74 Å². The monoisotopic (exact) mass is 144 g/mol. The number of ether oxygens (including phenoxy) is 1. The van der Waals surface area contributed by atoms with Crippen molar-refractivity contribution in [2.45, 2.75) is 37.8 Å². The highest BCUT2D eigenvalue weighted by molar-refractivity contribution is 6.14. The second kappa shape index (κ2) is 2.84. The van der Waals surface area contributed by atoms with Crippen molar-refractivity contribution in [3.05, 3.63) is 0 Å². The average Bonchev–Trinajstić information content (AvgIpc) is 1.90. The van der Waals surface area contributed by atoms with Gasteiger partial charge in [0.05, 0.1) is 0 Å². The summed E-state index contributed by atoms with van der Waals surface area (Å²) in [7, 11) is 1.21. The van der Waals surface area contributed by atoms with Crippen molar-refractivity contribution in [2.24, 2.45) is 0 Å². The largest absolute Gasteiger partial charge is 0.380 e. The third-order valence-corrected chi connectivity index (χ3v) is 3.79. The minimum absolute atomic E-state index is 0.359. The number of rotatable bonds is 1. The molecule has 1 unspecified atom stereocenters. The summed E-state index contributed by atoms with van der Waals surface area (Å²) < 4.78 is 5.68. The maximum Gasteiger partial charge on any atom is 0.0483 e. The first-order chi connectivity index (χ1) is 4.27. The molecule has 1 saturated heterocycles. The lowest BCUT2D eigenvalue weighted by Crippen LogP contribution is -2.35. The summed E-state index contributed by atoms with van der Waals surface area (Å²) in [5.74, 6) is 0. The first-order valence-electron chi connectivity index (χ1n) is 3.91. The molecule has 1 heterocycles. The van der Waals surface area contributed by atoms with Gasteiger partial charge in [-0.15, -0.1) is 0 Å². The van der Waals surface area contributed by atoms with E-state index in [-0.39, 0.29) is 0 Å². The van der Waals surface area contributed by atoms with Gasteiger partial charge in [-0.1, -0.05) is 6.92 Å². The molecule has 2 heteroatoms. The third-order valence-electron chi connectivity index (χ3n) is 2.30. The Kier molecular flexibility index (Phi) is 2.30. The maximum absolute atomic E-state index is 5.68. The Morgan fingerprint density at radius 3 is 2.67 bits per heavy atom. The molecule has 0 radical (unpaired) electrons. The van der Waals surface area contributed by atoms with E-state index >= 15 is 0 Å². The summed E-state index contributed by atoms with van der Waals surface area (Å²) >= 11 is 0. The molecule has 0 aliphatic carbocycles. The quantitative estimate of drug-likeness (QED) is 0.491. The second-order valence-corrected chi connectivity index (χ2v) is 4.93. The van der Waals surface area contributed by atoms with E-state index in [2.05, 4.69) is 6.92 Å². The highest BCUT2D eigenvalue weighted by Crippen LogP contribution is 2.23. The van der Waals surface area contributed by atoms with Gasteiger partial charge < -0.3 is 4.74 Å². The van der Waals surface area contributed by atoms with Crippen LogP contribution in [0, 0.1) is 0 Å². The zero-order valence-corrected chi connectivity index (χ0v) is 8.44. The minimum Gasteiger partial charge on any atom is -0.380 e. The zero-order valence-electron chi connectivity index (χ0n) is 6.44. The van der Waals surface area contributed by atoms with Crippen molar-refractivity contribution in [1.29, 1.82) is 0 Å². The van der Waals surface area contributed by atoms with Gasteiger partial charge in [-0.2, -0.15) is 0 Å². The molecule has 1 rings (SSSR count). The van der Waals surface area contributed by atoms with Crippen LogP contribution in [-0.4, -0.2) is 22.1 Å². The van der Waals surface area contributed by atoms with Crippen molar-refractivity contribution in [1.82, 2.24) is 0 Å². The predicted octanol–water partition coefficient (Wildman–Crippen LogP) is 0.659. The van der Waals surface area contributed by atoms with Crippen molar-refractivity contribution < 1.29 is 4.74 Å². The Morgan fingerprint density at radius 1 is 1.56 bits per heavy atom. The van der Waals surface area contributed by atoms with Crippen LogP contribution in [0.2, 0.25) is 0 Å². The fourth-order valence-corrected chi connectivity index (χ4v) is 1.83. The maximum atomic E-state index is 5.68. The molecule has 0 aromatic carbocycles. The first-order valence-corrected chi connectivity index (χ1v) is 4.91. The molecule has 0 saturated carbocycles. The minimum atomic E-state index is 0.359. The van der Waals surface area contributed by atoms with E-state index in [4.69, 9.17) is 4.74 Å². The summed E-state index contributed by atoms with van der Waals surface area (Å²) in [5.41, 5.74) is 0. The van der Waals surface area contributed by atoms with Crippen LogP contribution in [0.3, 0.4) is 0 Å². The van der Waals surface area contributed by atoms with Crippen LogP contribution in [0.15, 0.2) is 0 Å². The van der Waals surface area contributed by atoms with Gasteiger partial charge in [0.15, 0.2) is 0 Å². The molecule has 0 aromatic heterocycles. The molecule has 0 aromatic rings. The van der Waals surface area contributed by atoms with E-state index in [1.54, 1.807) is 0 Å². The molecular formula is C7H16OSi. The topological polar surface area (TPSA) is 9.23 Å². The van der Waals surface area contributed by atoms with Crippen LogP contribution in [0.5, 0.6) is 0 Å². The van der Waals surface area contributed by atoms with Gasteiger partial charge in [0.2, 0.25) is 0 Å². The van der Waals surface area contributed by atoms with Gasteiger partial charge in [0.1, 0.15) is 0 Å². The molecule has 0 spiro atoms. The fraction of sp³-hybridized carbons (Fsp3) is 1.00. The van der Waals surface area contributed by atoms with Gasteiger partial charge in [-0.3, -0.25) is 0 Å². The SMILES string of the molecule is CCC1([SiH3])CCCCO1. The Morgan fingerprint density at radius 2 is 2.33 bits per heavy atom. The number of hydrogen-bond acceptors (Lipinski definition) is 1. The highest BCUT2D eigenvalue weighted by Gasteiger charge is 2.24. The van der Waals surface area contributed by atoms with Crippen molar-refractivity contribution >= 4 is 10.2 Å². The molecule has 1 aliphatic heterocycles.